The largest absolute Gasteiger partial charge is 0.495 e. The summed E-state index contributed by atoms with van der Waals surface area (Å²) >= 11 is 12.1. The molecule has 1 N–H and O–H groups in total. The molecule has 3 nitrogen and oxygen atoms in total. The number of anilines is 1. The van der Waals surface area contributed by atoms with Gasteiger partial charge in [0.2, 0.25) is 0 Å². The van der Waals surface area contributed by atoms with Crippen LogP contribution in [0, 0.1) is 0 Å². The van der Waals surface area contributed by atoms with Crippen molar-refractivity contribution in [1.29, 1.82) is 0 Å². The highest BCUT2D eigenvalue weighted by Crippen LogP contribution is 2.28. The molecule has 0 fully saturated rings. The van der Waals surface area contributed by atoms with Crippen LogP contribution in [0.1, 0.15) is 11.1 Å². The molecule has 0 aliphatic carbocycles. The molecule has 0 saturated heterocycles. The van der Waals surface area contributed by atoms with Crippen LogP contribution in [0.3, 0.4) is 0 Å². The van der Waals surface area contributed by atoms with Gasteiger partial charge >= 0.3 is 0 Å². The molecule has 3 aromatic rings. The molecule has 0 aromatic heterocycles. The molecule has 0 heterocycles. The lowest BCUT2D eigenvalue weighted by Gasteiger charge is -2.13. The average Bonchev–Trinajstić information content (AvgIpc) is 2.66. The molecular weight excluding hydrogens is 369 g/mol. The lowest BCUT2D eigenvalue weighted by Crippen LogP contribution is -2.03. The molecule has 0 aliphatic heterocycles. The van der Waals surface area contributed by atoms with Crippen molar-refractivity contribution in [3.05, 3.63) is 87.9 Å². The number of ether oxygens (including phenoxy) is 2. The number of rotatable bonds is 7. The van der Waals surface area contributed by atoms with Crippen molar-refractivity contribution in [2.24, 2.45) is 0 Å². The van der Waals surface area contributed by atoms with Crippen LogP contribution in [-0.2, 0) is 13.2 Å². The molecule has 0 spiro atoms. The van der Waals surface area contributed by atoms with Crippen LogP contribution in [0.4, 0.5) is 5.69 Å². The second kappa shape index (κ2) is 8.84. The zero-order valence-corrected chi connectivity index (χ0v) is 15.8. The number of benzene rings is 3. The van der Waals surface area contributed by atoms with Gasteiger partial charge in [-0.05, 0) is 42.0 Å². The number of halogens is 2. The third-order valence-electron chi connectivity index (χ3n) is 3.91. The van der Waals surface area contributed by atoms with Crippen LogP contribution < -0.4 is 14.8 Å². The van der Waals surface area contributed by atoms with E-state index in [1.807, 2.05) is 66.7 Å². The summed E-state index contributed by atoms with van der Waals surface area (Å²) in [7, 11) is 1.60. The topological polar surface area (TPSA) is 30.5 Å². The summed E-state index contributed by atoms with van der Waals surface area (Å²) in [5.74, 6) is 1.50. The van der Waals surface area contributed by atoms with Gasteiger partial charge in [-0.25, -0.2) is 0 Å². The van der Waals surface area contributed by atoms with Gasteiger partial charge in [-0.2, -0.15) is 0 Å². The minimum atomic E-state index is 0.489. The molecule has 5 heteroatoms. The maximum atomic E-state index is 6.17. The fourth-order valence-corrected chi connectivity index (χ4v) is 2.89. The van der Waals surface area contributed by atoms with Crippen molar-refractivity contribution in [2.75, 3.05) is 12.4 Å². The predicted molar refractivity (Wildman–Crippen MR) is 108 cm³/mol. The maximum Gasteiger partial charge on any atom is 0.137 e. The molecule has 0 unspecified atom stereocenters. The Hall–Kier alpha value is -2.36. The minimum Gasteiger partial charge on any atom is -0.495 e. The SMILES string of the molecule is COc1ccc(NCc2ccccc2OCc2ccc(Cl)cc2)cc1Cl. The maximum absolute atomic E-state index is 6.17. The van der Waals surface area contributed by atoms with Gasteiger partial charge < -0.3 is 14.8 Å². The van der Waals surface area contributed by atoms with Crippen molar-refractivity contribution in [2.45, 2.75) is 13.2 Å². The summed E-state index contributed by atoms with van der Waals surface area (Å²) in [4.78, 5) is 0. The van der Waals surface area contributed by atoms with Crippen LogP contribution in [0.15, 0.2) is 66.7 Å². The summed E-state index contributed by atoms with van der Waals surface area (Å²) in [6.45, 7) is 1.11. The van der Waals surface area contributed by atoms with Gasteiger partial charge in [0.15, 0.2) is 0 Å². The first-order chi connectivity index (χ1) is 12.7. The van der Waals surface area contributed by atoms with Crippen molar-refractivity contribution in [3.63, 3.8) is 0 Å². The molecule has 0 bridgehead atoms. The van der Waals surface area contributed by atoms with E-state index in [4.69, 9.17) is 32.7 Å². The number of nitrogens with one attached hydrogen (secondary N) is 1. The van der Waals surface area contributed by atoms with E-state index in [-0.39, 0.29) is 0 Å². The Balaban J connectivity index is 1.65. The van der Waals surface area contributed by atoms with Gasteiger partial charge in [-0.1, -0.05) is 53.5 Å². The van der Waals surface area contributed by atoms with Gasteiger partial charge in [-0.3, -0.25) is 0 Å². The molecule has 0 aliphatic rings. The third-order valence-corrected chi connectivity index (χ3v) is 4.46. The van der Waals surface area contributed by atoms with Crippen LogP contribution >= 0.6 is 23.2 Å². The number of methoxy groups -OCH3 is 1. The summed E-state index contributed by atoms with van der Waals surface area (Å²) < 4.78 is 11.2. The van der Waals surface area contributed by atoms with Gasteiger partial charge in [0.1, 0.15) is 18.1 Å². The van der Waals surface area contributed by atoms with Crippen molar-refractivity contribution < 1.29 is 9.47 Å². The Labute approximate surface area is 163 Å². The first-order valence-corrected chi connectivity index (χ1v) is 8.94. The molecule has 0 amide bonds. The fraction of sp³-hybridized carbons (Fsp3) is 0.143. The molecule has 0 radical (unpaired) electrons. The number of hydrogen-bond donors (Lipinski definition) is 1. The van der Waals surface area contributed by atoms with E-state index in [1.165, 1.54) is 0 Å². The van der Waals surface area contributed by atoms with E-state index in [9.17, 15) is 0 Å². The van der Waals surface area contributed by atoms with Gasteiger partial charge in [0, 0.05) is 22.8 Å². The summed E-state index contributed by atoms with van der Waals surface area (Å²) in [6, 6.07) is 21.2. The van der Waals surface area contributed by atoms with E-state index in [0.29, 0.717) is 23.9 Å². The summed E-state index contributed by atoms with van der Waals surface area (Å²) in [6.07, 6.45) is 0. The summed E-state index contributed by atoms with van der Waals surface area (Å²) in [5.41, 5.74) is 3.05. The molecule has 26 heavy (non-hydrogen) atoms. The van der Waals surface area contributed by atoms with Crippen LogP contribution in [-0.4, -0.2) is 7.11 Å². The second-order valence-corrected chi connectivity index (χ2v) is 6.57. The fourth-order valence-electron chi connectivity index (χ4n) is 2.51. The Morgan fingerprint density at radius 1 is 0.885 bits per heavy atom. The van der Waals surface area contributed by atoms with E-state index >= 15 is 0 Å². The van der Waals surface area contributed by atoms with E-state index in [0.717, 1.165) is 27.6 Å². The Bertz CT molecular complexity index is 866. The molecule has 134 valence electrons. The van der Waals surface area contributed by atoms with E-state index in [1.54, 1.807) is 7.11 Å². The highest BCUT2D eigenvalue weighted by molar-refractivity contribution is 6.32. The predicted octanol–water partition coefficient (Wildman–Crippen LogP) is 6.19. The molecule has 0 saturated carbocycles. The van der Waals surface area contributed by atoms with Crippen molar-refractivity contribution in [1.82, 2.24) is 0 Å². The normalized spacial score (nSPS) is 10.4. The minimum absolute atomic E-state index is 0.489. The van der Waals surface area contributed by atoms with Crippen LogP contribution in [0.2, 0.25) is 10.0 Å². The molecule has 0 atom stereocenters. The zero-order valence-electron chi connectivity index (χ0n) is 14.3. The molecular formula is C21H19Cl2NO2. The summed E-state index contributed by atoms with van der Waals surface area (Å²) in [5, 5.41) is 4.65. The average molecular weight is 388 g/mol. The van der Waals surface area contributed by atoms with Gasteiger partial charge in [0.25, 0.3) is 0 Å². The highest BCUT2D eigenvalue weighted by atomic mass is 35.5. The molecule has 3 rings (SSSR count). The number of hydrogen-bond acceptors (Lipinski definition) is 3. The first kappa shape index (κ1) is 18.4. The Kier molecular flexibility index (Phi) is 6.26. The van der Waals surface area contributed by atoms with Crippen molar-refractivity contribution >= 4 is 28.9 Å². The van der Waals surface area contributed by atoms with Crippen LogP contribution in [0.25, 0.3) is 0 Å². The molecule has 3 aromatic carbocycles. The number of para-hydroxylation sites is 1. The second-order valence-electron chi connectivity index (χ2n) is 5.73. The lowest BCUT2D eigenvalue weighted by atomic mass is 10.2. The zero-order chi connectivity index (χ0) is 18.4. The quantitative estimate of drug-likeness (QED) is 0.523. The third kappa shape index (κ3) is 4.84. The van der Waals surface area contributed by atoms with Gasteiger partial charge in [-0.15, -0.1) is 0 Å². The van der Waals surface area contributed by atoms with Crippen LogP contribution in [0.5, 0.6) is 11.5 Å². The standard InChI is InChI=1S/C21H19Cl2NO2/c1-25-21-11-10-18(12-19(21)23)24-13-16-4-2-3-5-20(16)26-14-15-6-8-17(22)9-7-15/h2-12,24H,13-14H2,1H3. The smallest absolute Gasteiger partial charge is 0.137 e. The lowest BCUT2D eigenvalue weighted by molar-refractivity contribution is 0.303. The first-order valence-electron chi connectivity index (χ1n) is 8.18. The van der Waals surface area contributed by atoms with Gasteiger partial charge in [0.05, 0.1) is 12.1 Å². The highest BCUT2D eigenvalue weighted by Gasteiger charge is 2.06. The Morgan fingerprint density at radius 3 is 2.38 bits per heavy atom. The van der Waals surface area contributed by atoms with E-state index < -0.39 is 0 Å². The van der Waals surface area contributed by atoms with Crippen molar-refractivity contribution in [3.8, 4) is 11.5 Å². The van der Waals surface area contributed by atoms with E-state index in [2.05, 4.69) is 5.32 Å². The Morgan fingerprint density at radius 2 is 1.65 bits per heavy atom. The monoisotopic (exact) mass is 387 g/mol.